The van der Waals surface area contributed by atoms with E-state index in [0.717, 1.165) is 5.56 Å². The minimum atomic E-state index is -0.212. The molecular formula is C20H20ClN3O3. The molecule has 1 aromatic heterocycles. The molecule has 0 saturated heterocycles. The first kappa shape index (κ1) is 18.9. The molecule has 0 radical (unpaired) electrons. The number of anilines is 1. The molecule has 6 nitrogen and oxygen atoms in total. The average Bonchev–Trinajstić information content (AvgIpc) is 3.12. The SMILES string of the molecule is CCOCn1cc(NC(=O)c2cccc(COc3cccc(Cl)c3)c2)cn1. The molecule has 3 rings (SSSR count). The Morgan fingerprint density at radius 1 is 1.22 bits per heavy atom. The van der Waals surface area contributed by atoms with E-state index >= 15 is 0 Å². The van der Waals surface area contributed by atoms with Crippen LogP contribution in [0.4, 0.5) is 5.69 Å². The summed E-state index contributed by atoms with van der Waals surface area (Å²) in [6, 6.07) is 14.5. The second-order valence-electron chi connectivity index (χ2n) is 5.79. The van der Waals surface area contributed by atoms with Crippen LogP contribution in [0.5, 0.6) is 5.75 Å². The van der Waals surface area contributed by atoms with Crippen molar-refractivity contribution in [1.29, 1.82) is 0 Å². The lowest BCUT2D eigenvalue weighted by Crippen LogP contribution is -2.12. The smallest absolute Gasteiger partial charge is 0.255 e. The standard InChI is InChI=1S/C20H20ClN3O3/c1-2-26-14-24-12-18(11-22-24)23-20(25)16-6-3-5-15(9-16)13-27-19-8-4-7-17(21)10-19/h3-12H,2,13-14H2,1H3,(H,23,25). The van der Waals surface area contributed by atoms with Gasteiger partial charge in [-0.2, -0.15) is 5.10 Å². The van der Waals surface area contributed by atoms with Crippen LogP contribution in [-0.2, 0) is 18.1 Å². The Hall–Kier alpha value is -2.83. The Morgan fingerprint density at radius 3 is 2.89 bits per heavy atom. The number of hydrogen-bond acceptors (Lipinski definition) is 4. The maximum atomic E-state index is 12.5. The topological polar surface area (TPSA) is 65.4 Å². The summed E-state index contributed by atoms with van der Waals surface area (Å²) in [5, 5.41) is 7.58. The van der Waals surface area contributed by atoms with E-state index in [1.807, 2.05) is 31.2 Å². The van der Waals surface area contributed by atoms with Gasteiger partial charge in [-0.15, -0.1) is 0 Å². The molecule has 0 aliphatic heterocycles. The zero-order valence-corrected chi connectivity index (χ0v) is 15.6. The monoisotopic (exact) mass is 385 g/mol. The zero-order chi connectivity index (χ0) is 19.1. The zero-order valence-electron chi connectivity index (χ0n) is 14.9. The molecule has 1 amide bonds. The summed E-state index contributed by atoms with van der Waals surface area (Å²) in [4.78, 5) is 12.5. The molecule has 0 bridgehead atoms. The molecule has 0 atom stereocenters. The summed E-state index contributed by atoms with van der Waals surface area (Å²) in [5.41, 5.74) is 2.04. The van der Waals surface area contributed by atoms with Crippen LogP contribution < -0.4 is 10.1 Å². The second kappa shape index (κ2) is 9.21. The highest BCUT2D eigenvalue weighted by atomic mass is 35.5. The number of halogens is 1. The lowest BCUT2D eigenvalue weighted by molar-refractivity contribution is 0.0792. The van der Waals surface area contributed by atoms with Crippen molar-refractivity contribution in [2.45, 2.75) is 20.3 Å². The molecule has 7 heteroatoms. The van der Waals surface area contributed by atoms with E-state index < -0.39 is 0 Å². The number of benzene rings is 2. The highest BCUT2D eigenvalue weighted by Crippen LogP contribution is 2.19. The van der Waals surface area contributed by atoms with Gasteiger partial charge in [0.25, 0.3) is 5.91 Å². The van der Waals surface area contributed by atoms with E-state index in [4.69, 9.17) is 21.1 Å². The maximum Gasteiger partial charge on any atom is 0.255 e. The Morgan fingerprint density at radius 2 is 2.07 bits per heavy atom. The number of nitrogens with one attached hydrogen (secondary N) is 1. The first-order valence-electron chi connectivity index (χ1n) is 8.53. The molecule has 0 aliphatic rings. The predicted octanol–water partition coefficient (Wildman–Crippen LogP) is 4.36. The molecule has 0 saturated carbocycles. The minimum absolute atomic E-state index is 0.212. The summed E-state index contributed by atoms with van der Waals surface area (Å²) in [5.74, 6) is 0.467. The van der Waals surface area contributed by atoms with Crippen LogP contribution in [0.2, 0.25) is 5.02 Å². The molecule has 140 valence electrons. The van der Waals surface area contributed by atoms with Gasteiger partial charge in [0.15, 0.2) is 0 Å². The molecule has 0 unspecified atom stereocenters. The van der Waals surface area contributed by atoms with Crippen LogP contribution in [0.3, 0.4) is 0 Å². The number of nitrogens with zero attached hydrogens (tertiary/aromatic N) is 2. The van der Waals surface area contributed by atoms with E-state index in [9.17, 15) is 4.79 Å². The molecule has 0 aliphatic carbocycles. The quantitative estimate of drug-likeness (QED) is 0.625. The highest BCUT2D eigenvalue weighted by molar-refractivity contribution is 6.30. The van der Waals surface area contributed by atoms with Crippen molar-refractivity contribution < 1.29 is 14.3 Å². The summed E-state index contributed by atoms with van der Waals surface area (Å²) < 4.78 is 12.6. The number of hydrogen-bond donors (Lipinski definition) is 1. The van der Waals surface area contributed by atoms with Crippen LogP contribution in [0.25, 0.3) is 0 Å². The summed E-state index contributed by atoms with van der Waals surface area (Å²) >= 11 is 5.95. The van der Waals surface area contributed by atoms with Crippen LogP contribution in [0, 0.1) is 0 Å². The van der Waals surface area contributed by atoms with E-state index in [1.54, 1.807) is 41.3 Å². The summed E-state index contributed by atoms with van der Waals surface area (Å²) in [6.45, 7) is 3.21. The van der Waals surface area contributed by atoms with Crippen molar-refractivity contribution in [1.82, 2.24) is 9.78 Å². The number of amides is 1. The van der Waals surface area contributed by atoms with Crippen molar-refractivity contribution in [3.8, 4) is 5.75 Å². The van der Waals surface area contributed by atoms with Crippen molar-refractivity contribution >= 4 is 23.2 Å². The van der Waals surface area contributed by atoms with E-state index in [0.29, 0.717) is 42.0 Å². The van der Waals surface area contributed by atoms with Crippen LogP contribution in [0.15, 0.2) is 60.9 Å². The van der Waals surface area contributed by atoms with Gasteiger partial charge in [-0.05, 0) is 42.8 Å². The van der Waals surface area contributed by atoms with Crippen LogP contribution >= 0.6 is 11.6 Å². The van der Waals surface area contributed by atoms with E-state index in [-0.39, 0.29) is 5.91 Å². The van der Waals surface area contributed by atoms with E-state index in [1.165, 1.54) is 0 Å². The highest BCUT2D eigenvalue weighted by Gasteiger charge is 2.09. The molecule has 1 N–H and O–H groups in total. The molecule has 0 fully saturated rings. The largest absolute Gasteiger partial charge is 0.489 e. The first-order chi connectivity index (χ1) is 13.1. The fourth-order valence-corrected chi connectivity index (χ4v) is 2.59. The number of ether oxygens (including phenoxy) is 2. The van der Waals surface area contributed by atoms with Crippen molar-refractivity contribution in [2.24, 2.45) is 0 Å². The van der Waals surface area contributed by atoms with Crippen LogP contribution in [0.1, 0.15) is 22.8 Å². The third-order valence-electron chi connectivity index (χ3n) is 3.71. The molecule has 2 aromatic carbocycles. The third kappa shape index (κ3) is 5.57. The van der Waals surface area contributed by atoms with Gasteiger partial charge >= 0.3 is 0 Å². The van der Waals surface area contributed by atoms with Gasteiger partial charge in [0.1, 0.15) is 19.1 Å². The molecule has 0 spiro atoms. The van der Waals surface area contributed by atoms with Gasteiger partial charge in [-0.3, -0.25) is 4.79 Å². The number of aromatic nitrogens is 2. The Kier molecular flexibility index (Phi) is 6.46. The third-order valence-corrected chi connectivity index (χ3v) is 3.94. The second-order valence-corrected chi connectivity index (χ2v) is 6.23. The minimum Gasteiger partial charge on any atom is -0.489 e. The predicted molar refractivity (Wildman–Crippen MR) is 104 cm³/mol. The van der Waals surface area contributed by atoms with Gasteiger partial charge in [-0.1, -0.05) is 29.8 Å². The normalized spacial score (nSPS) is 10.6. The fraction of sp³-hybridized carbons (Fsp3) is 0.200. The van der Waals surface area contributed by atoms with Crippen molar-refractivity contribution in [2.75, 3.05) is 11.9 Å². The summed E-state index contributed by atoms with van der Waals surface area (Å²) in [6.07, 6.45) is 3.31. The average molecular weight is 386 g/mol. The Balaban J connectivity index is 1.60. The Labute approximate surface area is 162 Å². The Bertz CT molecular complexity index is 911. The van der Waals surface area contributed by atoms with Gasteiger partial charge < -0.3 is 14.8 Å². The molecule has 3 aromatic rings. The molecule has 27 heavy (non-hydrogen) atoms. The van der Waals surface area contributed by atoms with Gasteiger partial charge in [-0.25, -0.2) is 4.68 Å². The molecular weight excluding hydrogens is 366 g/mol. The summed E-state index contributed by atoms with van der Waals surface area (Å²) in [7, 11) is 0. The van der Waals surface area contributed by atoms with Crippen molar-refractivity contribution in [3.63, 3.8) is 0 Å². The number of carbonyl (C=O) groups is 1. The van der Waals surface area contributed by atoms with E-state index in [2.05, 4.69) is 10.4 Å². The van der Waals surface area contributed by atoms with Crippen molar-refractivity contribution in [3.05, 3.63) is 77.1 Å². The number of rotatable bonds is 8. The van der Waals surface area contributed by atoms with Gasteiger partial charge in [0.05, 0.1) is 18.1 Å². The number of carbonyl (C=O) groups excluding carboxylic acids is 1. The lowest BCUT2D eigenvalue weighted by Gasteiger charge is -2.08. The lowest BCUT2D eigenvalue weighted by atomic mass is 10.1. The van der Waals surface area contributed by atoms with Gasteiger partial charge in [0.2, 0.25) is 0 Å². The molecule has 1 heterocycles. The van der Waals surface area contributed by atoms with Gasteiger partial charge in [0, 0.05) is 17.2 Å². The first-order valence-corrected chi connectivity index (χ1v) is 8.90. The maximum absolute atomic E-state index is 12.5. The van der Waals surface area contributed by atoms with Crippen LogP contribution in [-0.4, -0.2) is 22.3 Å². The fourth-order valence-electron chi connectivity index (χ4n) is 2.41.